The van der Waals surface area contributed by atoms with Crippen molar-refractivity contribution in [1.29, 1.82) is 0 Å². The Morgan fingerprint density at radius 2 is 2.05 bits per heavy atom. The molecule has 0 radical (unpaired) electrons. The number of aromatic amines is 1. The molecule has 3 rings (SSSR count). The van der Waals surface area contributed by atoms with Crippen LogP contribution >= 0.6 is 0 Å². The first-order valence-electron chi connectivity index (χ1n) is 6.34. The molecule has 2 aromatic heterocycles. The lowest BCUT2D eigenvalue weighted by Crippen LogP contribution is -2.43. The lowest BCUT2D eigenvalue weighted by Gasteiger charge is -2.35. The van der Waals surface area contributed by atoms with E-state index in [-0.39, 0.29) is 0 Å². The summed E-state index contributed by atoms with van der Waals surface area (Å²) in [5.74, 6) is -0.204. The Kier molecular flexibility index (Phi) is 2.62. The van der Waals surface area contributed by atoms with Crippen LogP contribution in [0.3, 0.4) is 0 Å². The minimum Gasteiger partial charge on any atom is -0.480 e. The molecule has 0 bridgehead atoms. The third-order valence-electron chi connectivity index (χ3n) is 3.91. The van der Waals surface area contributed by atoms with Gasteiger partial charge in [0.2, 0.25) is 0 Å². The van der Waals surface area contributed by atoms with Crippen molar-refractivity contribution >= 4 is 5.97 Å². The van der Waals surface area contributed by atoms with E-state index in [1.807, 2.05) is 19.1 Å². The number of imidazole rings is 1. The summed E-state index contributed by atoms with van der Waals surface area (Å²) in [7, 11) is 0. The molecule has 2 N–H and O–H groups in total. The quantitative estimate of drug-likeness (QED) is 0.884. The van der Waals surface area contributed by atoms with E-state index in [0.717, 1.165) is 23.4 Å². The van der Waals surface area contributed by atoms with Gasteiger partial charge in [-0.15, -0.1) is 0 Å². The Hall–Kier alpha value is -2.17. The minimum absolute atomic E-state index is 0.579. The molecule has 2 heterocycles. The summed E-state index contributed by atoms with van der Waals surface area (Å²) in [5, 5.41) is 9.44. The summed E-state index contributed by atoms with van der Waals surface area (Å²) in [6, 6.07) is 3.75. The number of aryl methyl sites for hydroxylation is 1. The molecule has 98 valence electrons. The van der Waals surface area contributed by atoms with Crippen LogP contribution in [0.15, 0.2) is 24.5 Å². The number of hydrogen-bond donors (Lipinski definition) is 2. The Bertz CT molecular complexity index is 615. The van der Waals surface area contributed by atoms with E-state index in [9.17, 15) is 9.90 Å². The van der Waals surface area contributed by atoms with E-state index in [4.69, 9.17) is 0 Å². The van der Waals surface area contributed by atoms with Gasteiger partial charge in [-0.1, -0.05) is 6.42 Å². The van der Waals surface area contributed by atoms with Crippen molar-refractivity contribution in [1.82, 2.24) is 15.0 Å². The maximum Gasteiger partial charge on any atom is 0.317 e. The Morgan fingerprint density at radius 3 is 2.58 bits per heavy atom. The van der Waals surface area contributed by atoms with Gasteiger partial charge in [0.15, 0.2) is 0 Å². The standard InChI is InChI=1S/C14H15N3O2/c1-9-11(10-3-7-15-8-4-10)17-12(16-9)14(13(18)19)5-2-6-14/h3-4,7-8H,2,5-6H2,1H3,(H,16,17)(H,18,19). The second-order valence-corrected chi connectivity index (χ2v) is 5.04. The van der Waals surface area contributed by atoms with Gasteiger partial charge in [0, 0.05) is 23.7 Å². The van der Waals surface area contributed by atoms with Gasteiger partial charge < -0.3 is 10.1 Å². The molecule has 0 aromatic carbocycles. The van der Waals surface area contributed by atoms with Gasteiger partial charge in [-0.2, -0.15) is 0 Å². The topological polar surface area (TPSA) is 78.9 Å². The maximum absolute atomic E-state index is 11.5. The smallest absolute Gasteiger partial charge is 0.317 e. The first-order valence-corrected chi connectivity index (χ1v) is 6.34. The number of carboxylic acids is 1. The van der Waals surface area contributed by atoms with Crippen LogP contribution in [-0.4, -0.2) is 26.0 Å². The van der Waals surface area contributed by atoms with Crippen molar-refractivity contribution in [3.05, 3.63) is 36.0 Å². The molecule has 0 spiro atoms. The number of aliphatic carboxylic acids is 1. The van der Waals surface area contributed by atoms with Crippen LogP contribution in [0.5, 0.6) is 0 Å². The van der Waals surface area contributed by atoms with Crippen molar-refractivity contribution in [3.63, 3.8) is 0 Å². The van der Waals surface area contributed by atoms with E-state index < -0.39 is 11.4 Å². The highest BCUT2D eigenvalue weighted by molar-refractivity contribution is 5.81. The SMILES string of the molecule is Cc1[nH]c(C2(C(=O)O)CCC2)nc1-c1ccncc1. The van der Waals surface area contributed by atoms with Crippen LogP contribution in [0.2, 0.25) is 0 Å². The largest absolute Gasteiger partial charge is 0.480 e. The molecule has 0 atom stereocenters. The first kappa shape index (κ1) is 11.9. The van der Waals surface area contributed by atoms with E-state index in [0.29, 0.717) is 18.7 Å². The molecule has 0 aliphatic heterocycles. The number of carboxylic acid groups (broad SMARTS) is 1. The van der Waals surface area contributed by atoms with Gasteiger partial charge in [0.05, 0.1) is 5.69 Å². The van der Waals surface area contributed by atoms with Gasteiger partial charge in [0.1, 0.15) is 11.2 Å². The molecule has 0 amide bonds. The zero-order chi connectivity index (χ0) is 13.5. The molecule has 0 unspecified atom stereocenters. The van der Waals surface area contributed by atoms with E-state index in [2.05, 4.69) is 15.0 Å². The van der Waals surface area contributed by atoms with Gasteiger partial charge >= 0.3 is 5.97 Å². The molecule has 5 nitrogen and oxygen atoms in total. The molecular formula is C14H15N3O2. The molecule has 2 aromatic rings. The molecule has 19 heavy (non-hydrogen) atoms. The number of H-pyrrole nitrogens is 1. The Morgan fingerprint density at radius 1 is 1.37 bits per heavy atom. The average molecular weight is 257 g/mol. The molecule has 0 saturated heterocycles. The lowest BCUT2D eigenvalue weighted by atomic mass is 9.68. The molecule has 1 saturated carbocycles. The van der Waals surface area contributed by atoms with Gasteiger partial charge in [-0.3, -0.25) is 9.78 Å². The number of hydrogen-bond acceptors (Lipinski definition) is 3. The first-order chi connectivity index (χ1) is 9.13. The highest BCUT2D eigenvalue weighted by Crippen LogP contribution is 2.43. The number of pyridine rings is 1. The second kappa shape index (κ2) is 4.19. The van der Waals surface area contributed by atoms with Crippen LogP contribution in [-0.2, 0) is 10.2 Å². The van der Waals surface area contributed by atoms with Crippen LogP contribution in [0.4, 0.5) is 0 Å². The van der Waals surface area contributed by atoms with E-state index in [1.165, 1.54) is 0 Å². The van der Waals surface area contributed by atoms with Crippen molar-refractivity contribution in [2.75, 3.05) is 0 Å². The van der Waals surface area contributed by atoms with Crippen LogP contribution in [0, 0.1) is 6.92 Å². The van der Waals surface area contributed by atoms with Gasteiger partial charge in [-0.25, -0.2) is 4.98 Å². The fraction of sp³-hybridized carbons (Fsp3) is 0.357. The fourth-order valence-corrected chi connectivity index (χ4v) is 2.56. The average Bonchev–Trinajstić information content (AvgIpc) is 2.70. The minimum atomic E-state index is -0.809. The zero-order valence-corrected chi connectivity index (χ0v) is 10.7. The summed E-state index contributed by atoms with van der Waals surface area (Å²) in [6.07, 6.45) is 5.67. The normalized spacial score (nSPS) is 16.9. The summed E-state index contributed by atoms with van der Waals surface area (Å²) in [6.45, 7) is 1.92. The molecule has 5 heteroatoms. The number of nitrogens with one attached hydrogen (secondary N) is 1. The maximum atomic E-state index is 11.5. The van der Waals surface area contributed by atoms with E-state index in [1.54, 1.807) is 12.4 Å². The number of carbonyl (C=O) groups is 1. The molecule has 1 fully saturated rings. The molecule has 1 aliphatic carbocycles. The molecular weight excluding hydrogens is 242 g/mol. The summed E-state index contributed by atoms with van der Waals surface area (Å²) < 4.78 is 0. The number of nitrogens with zero attached hydrogens (tertiary/aromatic N) is 2. The Balaban J connectivity index is 2.05. The van der Waals surface area contributed by atoms with Crippen molar-refractivity contribution < 1.29 is 9.90 Å². The van der Waals surface area contributed by atoms with Crippen LogP contribution in [0.1, 0.15) is 30.8 Å². The van der Waals surface area contributed by atoms with Gasteiger partial charge in [-0.05, 0) is 31.9 Å². The van der Waals surface area contributed by atoms with Crippen LogP contribution in [0.25, 0.3) is 11.3 Å². The van der Waals surface area contributed by atoms with Crippen molar-refractivity contribution in [2.24, 2.45) is 0 Å². The monoisotopic (exact) mass is 257 g/mol. The fourth-order valence-electron chi connectivity index (χ4n) is 2.56. The highest BCUT2D eigenvalue weighted by Gasteiger charge is 2.48. The third-order valence-corrected chi connectivity index (χ3v) is 3.91. The lowest BCUT2D eigenvalue weighted by molar-refractivity contribution is -0.147. The number of aromatic nitrogens is 3. The summed E-state index contributed by atoms with van der Waals surface area (Å²) in [5.41, 5.74) is 1.85. The van der Waals surface area contributed by atoms with Crippen molar-refractivity contribution in [2.45, 2.75) is 31.6 Å². The molecule has 1 aliphatic rings. The van der Waals surface area contributed by atoms with Crippen molar-refractivity contribution in [3.8, 4) is 11.3 Å². The number of rotatable bonds is 3. The zero-order valence-electron chi connectivity index (χ0n) is 10.7. The Labute approximate surface area is 110 Å². The summed E-state index contributed by atoms with van der Waals surface area (Å²) in [4.78, 5) is 23.2. The van der Waals surface area contributed by atoms with Crippen LogP contribution < -0.4 is 0 Å². The predicted octanol–water partition coefficient (Wildman–Crippen LogP) is 2.29. The highest BCUT2D eigenvalue weighted by atomic mass is 16.4. The predicted molar refractivity (Wildman–Crippen MR) is 69.7 cm³/mol. The third kappa shape index (κ3) is 1.73. The summed E-state index contributed by atoms with van der Waals surface area (Å²) >= 11 is 0. The van der Waals surface area contributed by atoms with Gasteiger partial charge in [0.25, 0.3) is 0 Å². The van der Waals surface area contributed by atoms with E-state index >= 15 is 0 Å². The second-order valence-electron chi connectivity index (χ2n) is 5.04.